The first kappa shape index (κ1) is 14.6. The minimum atomic E-state index is -0.650. The summed E-state index contributed by atoms with van der Waals surface area (Å²) in [6, 6.07) is 19.8. The van der Waals surface area contributed by atoms with Crippen LogP contribution in [0.1, 0.15) is 37.3 Å². The number of ether oxygens (including phenoxy) is 1. The predicted octanol–water partition coefficient (Wildman–Crippen LogP) is 4.71. The van der Waals surface area contributed by atoms with Crippen molar-refractivity contribution in [2.75, 3.05) is 0 Å². The quantitative estimate of drug-likeness (QED) is 0.746. The Hall–Kier alpha value is -2.35. The zero-order valence-corrected chi connectivity index (χ0v) is 12.8. The molecule has 0 saturated heterocycles. The van der Waals surface area contributed by atoms with Gasteiger partial charge in [0, 0.05) is 5.56 Å². The largest absolute Gasteiger partial charge is 0.425 e. The molecule has 112 valence electrons. The molecule has 0 radical (unpaired) electrons. The third-order valence-electron chi connectivity index (χ3n) is 4.22. The van der Waals surface area contributed by atoms with Crippen molar-refractivity contribution in [3.63, 3.8) is 0 Å². The second-order valence-corrected chi connectivity index (χ2v) is 5.71. The van der Waals surface area contributed by atoms with Gasteiger partial charge in [0.25, 0.3) is 0 Å². The lowest BCUT2D eigenvalue weighted by molar-refractivity contribution is -0.139. The van der Waals surface area contributed by atoms with Gasteiger partial charge in [-0.3, -0.25) is 4.79 Å². The average Bonchev–Trinajstić information content (AvgIpc) is 2.92. The molecule has 0 aromatic heterocycles. The summed E-state index contributed by atoms with van der Waals surface area (Å²) < 4.78 is 5.64. The van der Waals surface area contributed by atoms with Gasteiger partial charge in [-0.05, 0) is 18.1 Å². The van der Waals surface area contributed by atoms with Crippen LogP contribution in [0.4, 0.5) is 0 Å². The predicted molar refractivity (Wildman–Crippen MR) is 88.2 cm³/mol. The van der Waals surface area contributed by atoms with E-state index in [4.69, 9.17) is 4.74 Å². The Bertz CT molecular complexity index is 673. The molecule has 22 heavy (non-hydrogen) atoms. The molecule has 0 N–H and O–H groups in total. The molecule has 3 rings (SSSR count). The molecule has 1 aliphatic heterocycles. The van der Waals surface area contributed by atoms with Crippen molar-refractivity contribution in [2.24, 2.45) is 0 Å². The van der Waals surface area contributed by atoms with Crippen molar-refractivity contribution < 1.29 is 9.53 Å². The van der Waals surface area contributed by atoms with Gasteiger partial charge >= 0.3 is 5.97 Å². The Morgan fingerprint density at radius 1 is 0.955 bits per heavy atom. The smallest absolute Gasteiger partial charge is 0.326 e. The topological polar surface area (TPSA) is 26.3 Å². The number of carbonyl (C=O) groups is 1. The lowest BCUT2D eigenvalue weighted by Gasteiger charge is -2.23. The van der Waals surface area contributed by atoms with Crippen molar-refractivity contribution in [1.82, 2.24) is 0 Å². The summed E-state index contributed by atoms with van der Waals surface area (Å²) in [4.78, 5) is 12.7. The fourth-order valence-corrected chi connectivity index (χ4v) is 2.96. The van der Waals surface area contributed by atoms with Gasteiger partial charge in [-0.1, -0.05) is 80.4 Å². The molecule has 2 nitrogen and oxygen atoms in total. The number of hydrogen-bond acceptors (Lipinski definition) is 2. The van der Waals surface area contributed by atoms with Crippen molar-refractivity contribution in [2.45, 2.75) is 31.6 Å². The van der Waals surface area contributed by atoms with E-state index in [0.29, 0.717) is 5.76 Å². The van der Waals surface area contributed by atoms with E-state index in [1.54, 1.807) is 0 Å². The summed E-state index contributed by atoms with van der Waals surface area (Å²) in [5, 5.41) is 0. The minimum absolute atomic E-state index is 0.161. The normalized spacial score (nSPS) is 20.6. The highest BCUT2D eigenvalue weighted by molar-refractivity contribution is 5.96. The number of hydrogen-bond donors (Lipinski definition) is 0. The summed E-state index contributed by atoms with van der Waals surface area (Å²) in [7, 11) is 0. The molecular weight excluding hydrogens is 272 g/mol. The number of esters is 1. The molecule has 2 heteroatoms. The highest BCUT2D eigenvalue weighted by Crippen LogP contribution is 2.41. The third-order valence-corrected chi connectivity index (χ3v) is 4.22. The molecule has 1 aliphatic rings. The minimum Gasteiger partial charge on any atom is -0.425 e. The maximum atomic E-state index is 12.7. The van der Waals surface area contributed by atoms with Crippen LogP contribution in [0, 0.1) is 0 Å². The SMILES string of the molecule is CCCCC1(c2ccccc2)C=C(c2ccccc2)OC1=O. The first-order valence-corrected chi connectivity index (χ1v) is 7.82. The number of carbonyl (C=O) groups excluding carboxylic acids is 1. The Morgan fingerprint density at radius 3 is 2.23 bits per heavy atom. The van der Waals surface area contributed by atoms with E-state index in [2.05, 4.69) is 6.92 Å². The van der Waals surface area contributed by atoms with Crippen LogP contribution in [0.3, 0.4) is 0 Å². The molecule has 0 amide bonds. The van der Waals surface area contributed by atoms with Crippen molar-refractivity contribution in [3.05, 3.63) is 77.9 Å². The summed E-state index contributed by atoms with van der Waals surface area (Å²) >= 11 is 0. The van der Waals surface area contributed by atoms with Crippen molar-refractivity contribution >= 4 is 11.7 Å². The second-order valence-electron chi connectivity index (χ2n) is 5.71. The maximum Gasteiger partial charge on any atom is 0.326 e. The van der Waals surface area contributed by atoms with E-state index in [1.807, 2.05) is 66.7 Å². The first-order valence-electron chi connectivity index (χ1n) is 7.82. The van der Waals surface area contributed by atoms with E-state index in [-0.39, 0.29) is 5.97 Å². The standard InChI is InChI=1S/C20H20O2/c1-2-3-14-20(17-12-8-5-9-13-17)15-18(22-19(20)21)16-10-6-4-7-11-16/h4-13,15H,2-3,14H2,1H3. The van der Waals surface area contributed by atoms with Crippen molar-refractivity contribution in [1.29, 1.82) is 0 Å². The van der Waals surface area contributed by atoms with Crippen LogP contribution in [-0.4, -0.2) is 5.97 Å². The first-order chi connectivity index (χ1) is 10.8. The van der Waals surface area contributed by atoms with Crippen molar-refractivity contribution in [3.8, 4) is 0 Å². The van der Waals surface area contributed by atoms with Crippen LogP contribution in [0.5, 0.6) is 0 Å². The van der Waals surface area contributed by atoms with Crippen LogP contribution >= 0.6 is 0 Å². The molecule has 0 aliphatic carbocycles. The number of cyclic esters (lactones) is 1. The third kappa shape index (κ3) is 2.57. The fourth-order valence-electron chi connectivity index (χ4n) is 2.96. The van der Waals surface area contributed by atoms with Crippen LogP contribution in [-0.2, 0) is 14.9 Å². The van der Waals surface area contributed by atoms with Gasteiger partial charge < -0.3 is 4.74 Å². The van der Waals surface area contributed by atoms with E-state index >= 15 is 0 Å². The summed E-state index contributed by atoms with van der Waals surface area (Å²) in [6.45, 7) is 2.14. The molecule has 0 fully saturated rings. The number of unbranched alkanes of at least 4 members (excludes halogenated alkanes) is 1. The number of benzene rings is 2. The monoisotopic (exact) mass is 292 g/mol. The van der Waals surface area contributed by atoms with Gasteiger partial charge in [0.15, 0.2) is 0 Å². The Balaban J connectivity index is 2.05. The lowest BCUT2D eigenvalue weighted by atomic mass is 9.76. The molecule has 0 saturated carbocycles. The molecule has 2 aromatic rings. The van der Waals surface area contributed by atoms with E-state index < -0.39 is 5.41 Å². The van der Waals surface area contributed by atoms with Crippen LogP contribution < -0.4 is 0 Å². The molecule has 1 atom stereocenters. The summed E-state index contributed by atoms with van der Waals surface area (Å²) in [5.74, 6) is 0.511. The average molecular weight is 292 g/mol. The Labute approximate surface area is 131 Å². The molecule has 1 unspecified atom stereocenters. The summed E-state index contributed by atoms with van der Waals surface area (Å²) in [6.07, 6.45) is 4.83. The van der Waals surface area contributed by atoms with Gasteiger partial charge in [0.1, 0.15) is 11.2 Å². The zero-order chi connectivity index (χ0) is 15.4. The van der Waals surface area contributed by atoms with Gasteiger partial charge in [-0.25, -0.2) is 0 Å². The summed E-state index contributed by atoms with van der Waals surface area (Å²) in [5.41, 5.74) is 1.31. The fraction of sp³-hybridized carbons (Fsp3) is 0.250. The molecule has 0 bridgehead atoms. The maximum absolute atomic E-state index is 12.7. The van der Waals surface area contributed by atoms with E-state index in [0.717, 1.165) is 30.4 Å². The molecular formula is C20H20O2. The van der Waals surface area contributed by atoms with Crippen LogP contribution in [0.2, 0.25) is 0 Å². The van der Waals surface area contributed by atoms with E-state index in [1.165, 1.54) is 0 Å². The Morgan fingerprint density at radius 2 is 1.59 bits per heavy atom. The second kappa shape index (κ2) is 6.18. The Kier molecular flexibility index (Phi) is 4.10. The molecule has 0 spiro atoms. The number of rotatable bonds is 5. The van der Waals surface area contributed by atoms with Crippen LogP contribution in [0.15, 0.2) is 66.7 Å². The van der Waals surface area contributed by atoms with Gasteiger partial charge in [-0.15, -0.1) is 0 Å². The molecule has 1 heterocycles. The highest BCUT2D eigenvalue weighted by Gasteiger charge is 2.45. The molecule has 2 aromatic carbocycles. The highest BCUT2D eigenvalue weighted by atomic mass is 16.5. The van der Waals surface area contributed by atoms with Gasteiger partial charge in [0.05, 0.1) is 0 Å². The van der Waals surface area contributed by atoms with Crippen LogP contribution in [0.25, 0.3) is 5.76 Å². The lowest BCUT2D eigenvalue weighted by Crippen LogP contribution is -2.31. The van der Waals surface area contributed by atoms with E-state index in [9.17, 15) is 4.79 Å². The zero-order valence-electron chi connectivity index (χ0n) is 12.8. The van der Waals surface area contributed by atoms with Gasteiger partial charge in [-0.2, -0.15) is 0 Å². The van der Waals surface area contributed by atoms with Gasteiger partial charge in [0.2, 0.25) is 0 Å².